The van der Waals surface area contributed by atoms with Gasteiger partial charge in [0.25, 0.3) is 0 Å². The van der Waals surface area contributed by atoms with E-state index in [0.29, 0.717) is 0 Å². The third-order valence-electron chi connectivity index (χ3n) is 1.83. The lowest BCUT2D eigenvalue weighted by molar-refractivity contribution is -0.0504. The molecule has 0 heterocycles. The molecule has 0 unspecified atom stereocenters. The molecule has 1 aromatic carbocycles. The third kappa shape index (κ3) is 3.29. The number of carbonyl (C=O) groups is 1. The first kappa shape index (κ1) is 13.7. The van der Waals surface area contributed by atoms with Crippen molar-refractivity contribution in [3.05, 3.63) is 22.2 Å². The van der Waals surface area contributed by atoms with Gasteiger partial charge in [-0.15, -0.1) is 0 Å². The van der Waals surface area contributed by atoms with E-state index in [0.717, 1.165) is 0 Å². The van der Waals surface area contributed by atoms with Gasteiger partial charge in [0.1, 0.15) is 11.3 Å². The number of carbonyl (C=O) groups excluding carboxylic acids is 1. The zero-order chi connectivity index (χ0) is 13.0. The van der Waals surface area contributed by atoms with E-state index < -0.39 is 12.6 Å². The van der Waals surface area contributed by atoms with Crippen LogP contribution in [0, 0.1) is 0 Å². The van der Waals surface area contributed by atoms with Crippen molar-refractivity contribution in [2.45, 2.75) is 13.5 Å². The van der Waals surface area contributed by atoms with Crippen molar-refractivity contribution in [3.8, 4) is 5.75 Å². The highest BCUT2D eigenvalue weighted by molar-refractivity contribution is 9.10. The fraction of sp³-hybridized carbons (Fsp3) is 0.300. The number of nitrogen functional groups attached to an aromatic ring is 1. The number of esters is 1. The Balaban J connectivity index is 3.21. The molecule has 1 rings (SSSR count). The van der Waals surface area contributed by atoms with Crippen LogP contribution in [0.2, 0.25) is 0 Å². The van der Waals surface area contributed by atoms with E-state index >= 15 is 0 Å². The van der Waals surface area contributed by atoms with Crippen LogP contribution in [0.5, 0.6) is 5.75 Å². The van der Waals surface area contributed by atoms with E-state index in [2.05, 4.69) is 20.7 Å². The molecule has 2 N–H and O–H groups in total. The summed E-state index contributed by atoms with van der Waals surface area (Å²) in [5, 5.41) is 0. The smallest absolute Gasteiger partial charge is 0.387 e. The van der Waals surface area contributed by atoms with Gasteiger partial charge >= 0.3 is 12.6 Å². The molecule has 0 radical (unpaired) electrons. The molecule has 17 heavy (non-hydrogen) atoms. The maximum atomic E-state index is 12.2. The van der Waals surface area contributed by atoms with Crippen LogP contribution < -0.4 is 10.5 Å². The van der Waals surface area contributed by atoms with Crippen LogP contribution in [-0.2, 0) is 4.74 Å². The Labute approximate surface area is 105 Å². The third-order valence-corrected chi connectivity index (χ3v) is 2.68. The molecule has 0 fully saturated rings. The zero-order valence-electron chi connectivity index (χ0n) is 8.88. The van der Waals surface area contributed by atoms with E-state index in [1.54, 1.807) is 6.92 Å². The lowest BCUT2D eigenvalue weighted by Gasteiger charge is -2.12. The molecule has 0 aliphatic heterocycles. The monoisotopic (exact) mass is 309 g/mol. The van der Waals surface area contributed by atoms with Gasteiger partial charge in [-0.05, 0) is 35.0 Å². The Morgan fingerprint density at radius 2 is 2.18 bits per heavy atom. The average molecular weight is 310 g/mol. The van der Waals surface area contributed by atoms with Crippen molar-refractivity contribution < 1.29 is 23.0 Å². The molecule has 0 spiro atoms. The molecule has 7 heteroatoms. The summed E-state index contributed by atoms with van der Waals surface area (Å²) in [6.07, 6.45) is 0. The van der Waals surface area contributed by atoms with Gasteiger partial charge in [-0.2, -0.15) is 8.78 Å². The van der Waals surface area contributed by atoms with Crippen molar-refractivity contribution >= 4 is 27.6 Å². The Kier molecular flexibility index (Phi) is 4.68. The molecule has 0 bridgehead atoms. The van der Waals surface area contributed by atoms with Gasteiger partial charge in [0.2, 0.25) is 0 Å². The van der Waals surface area contributed by atoms with Crippen LogP contribution in [0.4, 0.5) is 14.5 Å². The summed E-state index contributed by atoms with van der Waals surface area (Å²) in [6.45, 7) is -1.31. The maximum absolute atomic E-state index is 12.2. The minimum Gasteiger partial charge on any atom is -0.462 e. The highest BCUT2D eigenvalue weighted by atomic mass is 79.9. The Bertz CT molecular complexity index is 426. The summed E-state index contributed by atoms with van der Waals surface area (Å²) in [5.41, 5.74) is 5.64. The normalized spacial score (nSPS) is 10.4. The first-order valence-electron chi connectivity index (χ1n) is 4.67. The van der Waals surface area contributed by atoms with Crippen molar-refractivity contribution in [2.24, 2.45) is 0 Å². The van der Waals surface area contributed by atoms with Crippen LogP contribution in [-0.4, -0.2) is 19.2 Å². The van der Waals surface area contributed by atoms with Crippen molar-refractivity contribution in [2.75, 3.05) is 12.3 Å². The average Bonchev–Trinajstić information content (AvgIpc) is 2.23. The summed E-state index contributed by atoms with van der Waals surface area (Å²) >= 11 is 3.04. The second-order valence-electron chi connectivity index (χ2n) is 2.94. The van der Waals surface area contributed by atoms with Crippen molar-refractivity contribution in [3.63, 3.8) is 0 Å². The minimum atomic E-state index is -3.03. The molecule has 0 saturated carbocycles. The molecule has 0 aliphatic carbocycles. The Morgan fingerprint density at radius 3 is 2.71 bits per heavy atom. The zero-order valence-corrected chi connectivity index (χ0v) is 10.5. The first-order valence-corrected chi connectivity index (χ1v) is 5.46. The van der Waals surface area contributed by atoms with Crippen LogP contribution in [0.3, 0.4) is 0 Å². The molecular weight excluding hydrogens is 300 g/mol. The quantitative estimate of drug-likeness (QED) is 0.686. The van der Waals surface area contributed by atoms with Crippen LogP contribution in [0.1, 0.15) is 17.3 Å². The van der Waals surface area contributed by atoms with Gasteiger partial charge in [-0.25, -0.2) is 4.79 Å². The topological polar surface area (TPSA) is 61.5 Å². The molecule has 0 atom stereocenters. The second kappa shape index (κ2) is 5.81. The van der Waals surface area contributed by atoms with Gasteiger partial charge in [0.15, 0.2) is 0 Å². The highest BCUT2D eigenvalue weighted by Gasteiger charge is 2.21. The van der Waals surface area contributed by atoms with Gasteiger partial charge in [0.05, 0.1) is 11.1 Å². The predicted octanol–water partition coefficient (Wildman–Crippen LogP) is 2.81. The second-order valence-corrected chi connectivity index (χ2v) is 3.73. The van der Waals surface area contributed by atoms with Gasteiger partial charge in [-0.1, -0.05) is 0 Å². The molecule has 1 aromatic rings. The molecule has 0 aliphatic rings. The Hall–Kier alpha value is -1.37. The lowest BCUT2D eigenvalue weighted by atomic mass is 10.2. The molecule has 4 nitrogen and oxygen atoms in total. The predicted molar refractivity (Wildman–Crippen MR) is 61.1 cm³/mol. The van der Waals surface area contributed by atoms with Crippen LogP contribution >= 0.6 is 15.9 Å². The van der Waals surface area contributed by atoms with Crippen LogP contribution in [0.25, 0.3) is 0 Å². The van der Waals surface area contributed by atoms with E-state index in [1.807, 2.05) is 0 Å². The number of hydrogen-bond donors (Lipinski definition) is 1. The summed E-state index contributed by atoms with van der Waals surface area (Å²) in [6, 6.07) is 2.54. The minimum absolute atomic E-state index is 0.119. The van der Waals surface area contributed by atoms with E-state index in [4.69, 9.17) is 10.5 Å². The molecule has 0 amide bonds. The Morgan fingerprint density at radius 1 is 1.53 bits per heavy atom. The SMILES string of the molecule is CCOC(=O)c1c(OC(F)F)ccc(N)c1Br. The maximum Gasteiger partial charge on any atom is 0.387 e. The number of benzene rings is 1. The largest absolute Gasteiger partial charge is 0.462 e. The number of halogens is 3. The van der Waals surface area contributed by atoms with Gasteiger partial charge < -0.3 is 15.2 Å². The summed E-state index contributed by atoms with van der Waals surface area (Å²) in [7, 11) is 0. The number of rotatable bonds is 4. The number of anilines is 1. The molecule has 0 aromatic heterocycles. The first-order chi connectivity index (χ1) is 7.97. The van der Waals surface area contributed by atoms with Crippen molar-refractivity contribution in [1.29, 1.82) is 0 Å². The number of ether oxygens (including phenoxy) is 2. The van der Waals surface area contributed by atoms with Crippen molar-refractivity contribution in [1.82, 2.24) is 0 Å². The fourth-order valence-corrected chi connectivity index (χ4v) is 1.65. The molecular formula is C10H10BrF2NO3. The van der Waals surface area contributed by atoms with Gasteiger partial charge in [0, 0.05) is 5.69 Å². The summed E-state index contributed by atoms with van der Waals surface area (Å²) in [5.74, 6) is -1.05. The van der Waals surface area contributed by atoms with Crippen LogP contribution in [0.15, 0.2) is 16.6 Å². The lowest BCUT2D eigenvalue weighted by Crippen LogP contribution is -2.12. The number of nitrogens with two attached hydrogens (primary N) is 1. The highest BCUT2D eigenvalue weighted by Crippen LogP contribution is 2.33. The summed E-state index contributed by atoms with van der Waals surface area (Å²) in [4.78, 5) is 11.6. The standard InChI is InChI=1S/C10H10BrF2NO3/c1-2-16-9(15)7-6(17-10(12)13)4-3-5(14)8(7)11/h3-4,10H,2,14H2,1H3. The van der Waals surface area contributed by atoms with E-state index in [1.165, 1.54) is 12.1 Å². The van der Waals surface area contributed by atoms with E-state index in [-0.39, 0.29) is 28.1 Å². The fourth-order valence-electron chi connectivity index (χ4n) is 1.16. The van der Waals surface area contributed by atoms with E-state index in [9.17, 15) is 13.6 Å². The number of hydrogen-bond acceptors (Lipinski definition) is 4. The molecule has 0 saturated heterocycles. The molecule has 94 valence electrons. The number of alkyl halides is 2. The summed E-state index contributed by atoms with van der Waals surface area (Å²) < 4.78 is 33.5. The van der Waals surface area contributed by atoms with Gasteiger partial charge in [-0.3, -0.25) is 0 Å².